The highest BCUT2D eigenvalue weighted by molar-refractivity contribution is 5.69. The zero-order chi connectivity index (χ0) is 29.4. The average Bonchev–Trinajstić information content (AvgIpc) is 2.87. The minimum Gasteiger partial charge on any atom is -0.463 e. The average molecular weight is 558 g/mol. The molecule has 0 radical (unpaired) electrons. The summed E-state index contributed by atoms with van der Waals surface area (Å²) in [5.74, 6) is -2.40. The Bertz CT molecular complexity index is 1180. The van der Waals surface area contributed by atoms with Crippen molar-refractivity contribution < 1.29 is 47.6 Å². The maximum Gasteiger partial charge on any atom is 0.303 e. The Balaban J connectivity index is 2.21. The van der Waals surface area contributed by atoms with E-state index in [1.54, 1.807) is 30.3 Å². The molecule has 5 atom stereocenters. The summed E-state index contributed by atoms with van der Waals surface area (Å²) in [6, 6.07) is 16.0. The van der Waals surface area contributed by atoms with E-state index in [1.165, 1.54) is 27.7 Å². The molecule has 11 heteroatoms. The predicted octanol–water partition coefficient (Wildman–Crippen LogP) is 2.83. The van der Waals surface area contributed by atoms with E-state index in [1.807, 2.05) is 43.3 Å². The summed E-state index contributed by atoms with van der Waals surface area (Å²) in [4.78, 5) is 50.9. The van der Waals surface area contributed by atoms with Crippen LogP contribution in [0.1, 0.15) is 33.3 Å². The monoisotopic (exact) mass is 557 g/mol. The predicted molar refractivity (Wildman–Crippen MR) is 142 cm³/mol. The molecule has 1 fully saturated rings. The van der Waals surface area contributed by atoms with Gasteiger partial charge in [0, 0.05) is 53.9 Å². The molecule has 0 spiro atoms. The van der Waals surface area contributed by atoms with E-state index in [0.717, 1.165) is 5.69 Å². The third-order valence-corrected chi connectivity index (χ3v) is 6.14. The van der Waals surface area contributed by atoms with Crippen LogP contribution in [0, 0.1) is 0 Å². The fraction of sp³-hybridized carbons (Fsp3) is 0.448. The molecular weight excluding hydrogens is 522 g/mol. The Morgan fingerprint density at radius 2 is 1.45 bits per heavy atom. The first-order valence-electron chi connectivity index (χ1n) is 12.7. The normalized spacial score (nSPS) is 23.9. The maximum atomic E-state index is 12.6. The lowest BCUT2D eigenvalue weighted by atomic mass is 9.80. The lowest BCUT2D eigenvalue weighted by molar-refractivity contribution is -0.326. The first-order valence-corrected chi connectivity index (χ1v) is 12.7. The molecule has 3 rings (SSSR count). The Hall–Kier alpha value is -4.12. The van der Waals surface area contributed by atoms with Gasteiger partial charge in [0.2, 0.25) is 11.9 Å². The molecule has 0 bridgehead atoms. The lowest BCUT2D eigenvalue weighted by Crippen LogP contribution is -2.72. The van der Waals surface area contributed by atoms with Crippen molar-refractivity contribution in [2.24, 2.45) is 0 Å². The molecule has 1 aliphatic rings. The molecule has 2 aromatic rings. The molecule has 0 saturated carbocycles. The molecule has 0 aromatic heterocycles. The maximum absolute atomic E-state index is 12.6. The number of hydrogen-bond acceptors (Lipinski definition) is 11. The molecule has 0 amide bonds. The largest absolute Gasteiger partial charge is 0.463 e. The molecule has 40 heavy (non-hydrogen) atoms. The van der Waals surface area contributed by atoms with Crippen molar-refractivity contribution in [3.05, 3.63) is 60.2 Å². The summed E-state index contributed by atoms with van der Waals surface area (Å²) in [7, 11) is 3.80. The summed E-state index contributed by atoms with van der Waals surface area (Å²) >= 11 is 0. The van der Waals surface area contributed by atoms with Crippen molar-refractivity contribution in [3.63, 3.8) is 0 Å². The van der Waals surface area contributed by atoms with E-state index in [4.69, 9.17) is 28.4 Å². The van der Waals surface area contributed by atoms with Crippen LogP contribution in [0.5, 0.6) is 5.75 Å². The van der Waals surface area contributed by atoms with Crippen LogP contribution in [0.4, 0.5) is 5.69 Å². The van der Waals surface area contributed by atoms with Crippen LogP contribution in [0.3, 0.4) is 0 Å². The van der Waals surface area contributed by atoms with Crippen LogP contribution in [0.2, 0.25) is 0 Å². The highest BCUT2D eigenvalue weighted by Gasteiger charge is 2.64. The number of carbonyl (C=O) groups is 4. The molecule has 216 valence electrons. The summed E-state index contributed by atoms with van der Waals surface area (Å²) in [5.41, 5.74) is -0.216. The Kier molecular flexibility index (Phi) is 10.1. The Labute approximate surface area is 233 Å². The summed E-state index contributed by atoms with van der Waals surface area (Å²) in [6.07, 6.45) is -5.30. The quantitative estimate of drug-likeness (QED) is 0.316. The summed E-state index contributed by atoms with van der Waals surface area (Å²) in [6.45, 7) is 4.42. The lowest BCUT2D eigenvalue weighted by Gasteiger charge is -2.51. The molecule has 0 N–H and O–H groups in total. The molecule has 2 aromatic carbocycles. The Morgan fingerprint density at radius 1 is 0.825 bits per heavy atom. The number of anilines is 1. The van der Waals surface area contributed by atoms with Crippen molar-refractivity contribution in [1.29, 1.82) is 0 Å². The van der Waals surface area contributed by atoms with Crippen LogP contribution in [0.25, 0.3) is 0 Å². The highest BCUT2D eigenvalue weighted by Crippen LogP contribution is 2.41. The van der Waals surface area contributed by atoms with Crippen LogP contribution in [0.15, 0.2) is 54.6 Å². The number of hydrogen-bond donors (Lipinski definition) is 0. The second-order valence-corrected chi connectivity index (χ2v) is 9.63. The standard InChI is InChI=1S/C29H35NO10/c1-18(31)35-17-25-26(36-19(2)32)27(37-20(3)33)29(40-21(4)34,16-22-12-14-23(15-13-22)30(5)6)28(39-25)38-24-10-8-7-9-11-24/h7-15,25-28H,16-17H2,1-6H3/t25-,26-,27+,28-,29-/m1/s1. The van der Waals surface area contributed by atoms with Gasteiger partial charge in [0.15, 0.2) is 12.2 Å². The van der Waals surface area contributed by atoms with Gasteiger partial charge in [-0.15, -0.1) is 0 Å². The fourth-order valence-electron chi connectivity index (χ4n) is 4.54. The third kappa shape index (κ3) is 7.72. The molecule has 11 nitrogen and oxygen atoms in total. The zero-order valence-corrected chi connectivity index (χ0v) is 23.4. The molecule has 1 heterocycles. The van der Waals surface area contributed by atoms with Crippen molar-refractivity contribution in [2.75, 3.05) is 25.6 Å². The number of ether oxygens (including phenoxy) is 6. The van der Waals surface area contributed by atoms with Gasteiger partial charge in [-0.1, -0.05) is 30.3 Å². The highest BCUT2D eigenvalue weighted by atomic mass is 16.7. The molecule has 1 aliphatic heterocycles. The number of carbonyl (C=O) groups excluding carboxylic acids is 4. The van der Waals surface area contributed by atoms with E-state index in [-0.39, 0.29) is 13.0 Å². The molecule has 0 unspecified atom stereocenters. The first-order chi connectivity index (χ1) is 18.9. The van der Waals surface area contributed by atoms with Crippen molar-refractivity contribution in [3.8, 4) is 5.75 Å². The van der Waals surface area contributed by atoms with Crippen molar-refractivity contribution in [2.45, 2.75) is 64.3 Å². The van der Waals surface area contributed by atoms with E-state index >= 15 is 0 Å². The summed E-state index contributed by atoms with van der Waals surface area (Å²) in [5, 5.41) is 0. The van der Waals surface area contributed by atoms with E-state index < -0.39 is 54.1 Å². The first kappa shape index (κ1) is 30.4. The van der Waals surface area contributed by atoms with Gasteiger partial charge < -0.3 is 33.3 Å². The third-order valence-electron chi connectivity index (χ3n) is 6.14. The van der Waals surface area contributed by atoms with Crippen molar-refractivity contribution >= 4 is 29.6 Å². The minimum absolute atomic E-state index is 0.0478. The summed E-state index contributed by atoms with van der Waals surface area (Å²) < 4.78 is 35.0. The second kappa shape index (κ2) is 13.3. The van der Waals surface area contributed by atoms with Gasteiger partial charge >= 0.3 is 23.9 Å². The minimum atomic E-state index is -1.83. The van der Waals surface area contributed by atoms with Gasteiger partial charge in [-0.3, -0.25) is 19.2 Å². The number of para-hydroxylation sites is 1. The molecule has 1 saturated heterocycles. The van der Waals surface area contributed by atoms with Crippen LogP contribution in [-0.4, -0.2) is 74.8 Å². The van der Waals surface area contributed by atoms with Gasteiger partial charge in [0.1, 0.15) is 18.5 Å². The smallest absolute Gasteiger partial charge is 0.303 e. The molecule has 0 aliphatic carbocycles. The number of benzene rings is 2. The van der Waals surface area contributed by atoms with Crippen molar-refractivity contribution in [1.82, 2.24) is 0 Å². The van der Waals surface area contributed by atoms with Gasteiger partial charge in [-0.25, -0.2) is 0 Å². The van der Waals surface area contributed by atoms with E-state index in [9.17, 15) is 19.2 Å². The van der Waals surface area contributed by atoms with Gasteiger partial charge in [-0.2, -0.15) is 0 Å². The van der Waals surface area contributed by atoms with Gasteiger partial charge in [-0.05, 0) is 29.8 Å². The zero-order valence-electron chi connectivity index (χ0n) is 23.4. The van der Waals surface area contributed by atoms with Gasteiger partial charge in [0.25, 0.3) is 0 Å². The Morgan fingerprint density at radius 3 is 1.98 bits per heavy atom. The SMILES string of the molecule is CC(=O)OC[C@H]1O[C@@H](Oc2ccccc2)[C@](Cc2ccc(N(C)C)cc2)(OC(C)=O)[C@@H](OC(C)=O)[C@@H]1OC(C)=O. The number of esters is 4. The van der Waals surface area contributed by atoms with Crippen LogP contribution >= 0.6 is 0 Å². The fourth-order valence-corrected chi connectivity index (χ4v) is 4.54. The van der Waals surface area contributed by atoms with E-state index in [0.29, 0.717) is 11.3 Å². The van der Waals surface area contributed by atoms with Crippen LogP contribution in [-0.2, 0) is 49.3 Å². The van der Waals surface area contributed by atoms with Crippen LogP contribution < -0.4 is 9.64 Å². The van der Waals surface area contributed by atoms with Gasteiger partial charge in [0.05, 0.1) is 0 Å². The van der Waals surface area contributed by atoms with E-state index in [2.05, 4.69) is 0 Å². The number of rotatable bonds is 10. The number of nitrogens with zero attached hydrogens (tertiary/aromatic N) is 1. The second-order valence-electron chi connectivity index (χ2n) is 9.63. The molecular formula is C29H35NO10. The topological polar surface area (TPSA) is 127 Å².